The first-order chi connectivity index (χ1) is 21.4. The summed E-state index contributed by atoms with van der Waals surface area (Å²) in [4.78, 5) is 38.1. The van der Waals surface area contributed by atoms with Crippen LogP contribution < -0.4 is 20.1 Å². The van der Waals surface area contributed by atoms with E-state index < -0.39 is 52.5 Å². The van der Waals surface area contributed by atoms with Gasteiger partial charge in [-0.25, -0.2) is 23.2 Å². The van der Waals surface area contributed by atoms with Crippen molar-refractivity contribution in [3.8, 4) is 5.75 Å². The van der Waals surface area contributed by atoms with Gasteiger partial charge in [0.25, 0.3) is 10.0 Å². The molecule has 244 valence electrons. The third-order valence-corrected chi connectivity index (χ3v) is 10.4. The average molecular weight is 673 g/mol. The van der Waals surface area contributed by atoms with E-state index in [0.29, 0.717) is 10.5 Å². The number of nitrogens with one attached hydrogen (secondary N) is 1. The molecule has 18 heteroatoms. The number of pyridine rings is 1. The molecule has 0 aliphatic carbocycles. The number of alkyl halides is 3. The summed E-state index contributed by atoms with van der Waals surface area (Å²) in [5, 5.41) is 1.19. The van der Waals surface area contributed by atoms with Crippen LogP contribution >= 0.6 is 11.3 Å². The fourth-order valence-electron chi connectivity index (χ4n) is 5.30. The highest BCUT2D eigenvalue weighted by Gasteiger charge is 2.42. The molecule has 0 saturated carbocycles. The molecule has 0 unspecified atom stereocenters. The Labute approximate surface area is 260 Å². The highest BCUT2D eigenvalue weighted by molar-refractivity contribution is 7.91. The van der Waals surface area contributed by atoms with E-state index in [9.17, 15) is 31.2 Å². The molecule has 5 rings (SSSR count). The minimum absolute atomic E-state index is 0.00350. The van der Waals surface area contributed by atoms with Gasteiger partial charge in [-0.05, 0) is 48.4 Å². The second kappa shape index (κ2) is 13.3. The normalized spacial score (nSPS) is 18.1. The molecule has 0 radical (unpaired) electrons. The van der Waals surface area contributed by atoms with Gasteiger partial charge < -0.3 is 29.7 Å². The number of methoxy groups -OCH3 is 1. The molecule has 2 aliphatic rings. The van der Waals surface area contributed by atoms with Gasteiger partial charge >= 0.3 is 12.3 Å². The molecule has 3 N–H and O–H groups in total. The number of benzene rings is 1. The van der Waals surface area contributed by atoms with Crippen LogP contribution in [0.15, 0.2) is 34.8 Å². The molecule has 2 fully saturated rings. The van der Waals surface area contributed by atoms with Crippen molar-refractivity contribution in [3.05, 3.63) is 36.2 Å². The summed E-state index contributed by atoms with van der Waals surface area (Å²) in [6.45, 7) is 1.33. The molecule has 4 heterocycles. The van der Waals surface area contributed by atoms with E-state index in [-0.39, 0.29) is 47.2 Å². The number of amides is 1. The third-order valence-electron chi connectivity index (χ3n) is 7.45. The highest BCUT2D eigenvalue weighted by Crippen LogP contribution is 2.35. The van der Waals surface area contributed by atoms with Crippen LogP contribution in [0.4, 0.5) is 24.1 Å². The first kappa shape index (κ1) is 32.6. The number of carbonyl (C=O) groups is 2. The minimum atomic E-state index is -5.08. The second-order valence-corrected chi connectivity index (χ2v) is 13.4. The SMILES string of the molecule is COCCOC(=O)[C@@H](Cc1cc2ccnc(N)c2cc1OC(F)(F)F)N1CC[C@H](NS(=O)(=O)c2cnc(N3CCCC3)s2)C1=O. The zero-order valence-electron chi connectivity index (χ0n) is 24.1. The molecule has 1 amide bonds. The number of nitrogen functional groups attached to an aromatic ring is 1. The summed E-state index contributed by atoms with van der Waals surface area (Å²) in [6, 6.07) is 1.32. The quantitative estimate of drug-likeness (QED) is 0.214. The van der Waals surface area contributed by atoms with Crippen LogP contribution in [0.5, 0.6) is 5.75 Å². The van der Waals surface area contributed by atoms with Gasteiger partial charge in [-0.2, -0.15) is 4.72 Å². The Morgan fingerprint density at radius 1 is 1.20 bits per heavy atom. The number of likely N-dealkylation sites (tertiary alicyclic amines) is 1. The lowest BCUT2D eigenvalue weighted by atomic mass is 10.00. The van der Waals surface area contributed by atoms with E-state index in [2.05, 4.69) is 19.4 Å². The Kier molecular flexibility index (Phi) is 9.66. The molecule has 2 aliphatic heterocycles. The van der Waals surface area contributed by atoms with Crippen LogP contribution in [0.1, 0.15) is 24.8 Å². The first-order valence-electron chi connectivity index (χ1n) is 14.0. The van der Waals surface area contributed by atoms with Crippen molar-refractivity contribution in [2.24, 2.45) is 0 Å². The van der Waals surface area contributed by atoms with E-state index in [1.54, 1.807) is 0 Å². The van der Waals surface area contributed by atoms with E-state index in [0.717, 1.165) is 48.2 Å². The number of aromatic nitrogens is 2. The standard InChI is InChI=1S/C27H31F3N6O7S2/c1-41-10-11-42-25(38)20(13-17-12-16-4-6-32-23(31)18(16)14-21(17)43-27(28,29)30)36-9-5-19(24(36)37)34-45(39,40)22-15-33-26(44-22)35-7-2-3-8-35/h4,6,12,14-15,19-20,34H,2-3,5,7-11,13H2,1H3,(H2,31,32)/t19-,20+/m0/s1. The molecule has 2 aromatic heterocycles. The highest BCUT2D eigenvalue weighted by atomic mass is 32.2. The van der Waals surface area contributed by atoms with Crippen molar-refractivity contribution >= 4 is 55.0 Å². The molecule has 0 bridgehead atoms. The Morgan fingerprint density at radius 2 is 1.96 bits per heavy atom. The molecule has 1 aromatic carbocycles. The van der Waals surface area contributed by atoms with Crippen molar-refractivity contribution in [2.45, 2.75) is 48.3 Å². The fraction of sp³-hybridized carbons (Fsp3) is 0.481. The number of ether oxygens (including phenoxy) is 3. The van der Waals surface area contributed by atoms with Crippen LogP contribution in [0.2, 0.25) is 0 Å². The van der Waals surface area contributed by atoms with E-state index >= 15 is 0 Å². The lowest BCUT2D eigenvalue weighted by Crippen LogP contribution is -2.48. The molecule has 3 aromatic rings. The zero-order valence-corrected chi connectivity index (χ0v) is 25.7. The summed E-state index contributed by atoms with van der Waals surface area (Å²) in [7, 11) is -2.76. The van der Waals surface area contributed by atoms with Gasteiger partial charge in [0.05, 0.1) is 12.8 Å². The van der Waals surface area contributed by atoms with Crippen molar-refractivity contribution < 1.29 is 45.4 Å². The second-order valence-electron chi connectivity index (χ2n) is 10.5. The van der Waals surface area contributed by atoms with Gasteiger partial charge in [0.2, 0.25) is 5.91 Å². The molecular weight excluding hydrogens is 641 g/mol. The molecule has 0 spiro atoms. The van der Waals surface area contributed by atoms with Crippen molar-refractivity contribution in [3.63, 3.8) is 0 Å². The molecular formula is C27H31F3N6O7S2. The third kappa shape index (κ3) is 7.57. The lowest BCUT2D eigenvalue weighted by molar-refractivity contribution is -0.274. The zero-order chi connectivity index (χ0) is 32.4. The number of nitrogens with two attached hydrogens (primary N) is 1. The van der Waals surface area contributed by atoms with E-state index in [1.807, 2.05) is 4.90 Å². The summed E-state index contributed by atoms with van der Waals surface area (Å²) in [5.74, 6) is -2.30. The predicted molar refractivity (Wildman–Crippen MR) is 157 cm³/mol. The van der Waals surface area contributed by atoms with Gasteiger partial charge in [-0.15, -0.1) is 13.2 Å². The number of carbonyl (C=O) groups excluding carboxylic acids is 2. The number of fused-ring (bicyclic) bond motifs is 1. The van der Waals surface area contributed by atoms with Crippen LogP contribution in [-0.4, -0.2) is 93.6 Å². The maximum Gasteiger partial charge on any atom is 0.573 e. The Hall–Kier alpha value is -3.74. The smallest absolute Gasteiger partial charge is 0.462 e. The number of esters is 1. The summed E-state index contributed by atoms with van der Waals surface area (Å²) in [6.07, 6.45) is -0.937. The Morgan fingerprint density at radius 3 is 2.67 bits per heavy atom. The molecule has 45 heavy (non-hydrogen) atoms. The van der Waals surface area contributed by atoms with Crippen molar-refractivity contribution in [1.82, 2.24) is 19.6 Å². The minimum Gasteiger partial charge on any atom is -0.462 e. The summed E-state index contributed by atoms with van der Waals surface area (Å²) < 4.78 is 83.4. The Bertz CT molecular complexity index is 1660. The van der Waals surface area contributed by atoms with Gasteiger partial charge in [-0.3, -0.25) is 4.79 Å². The summed E-state index contributed by atoms with van der Waals surface area (Å²) >= 11 is 0.989. The topological polar surface area (TPSA) is 166 Å². The van der Waals surface area contributed by atoms with Crippen LogP contribution in [0.25, 0.3) is 10.8 Å². The number of nitrogens with zero attached hydrogens (tertiary/aromatic N) is 4. The number of hydrogen-bond donors (Lipinski definition) is 2. The van der Waals surface area contributed by atoms with Crippen LogP contribution in [-0.2, 0) is 35.5 Å². The number of rotatable bonds is 12. The maximum atomic E-state index is 13.6. The van der Waals surface area contributed by atoms with E-state index in [4.69, 9.17) is 15.2 Å². The lowest BCUT2D eigenvalue weighted by Gasteiger charge is -2.27. The van der Waals surface area contributed by atoms with Crippen LogP contribution in [0, 0.1) is 0 Å². The predicted octanol–water partition coefficient (Wildman–Crippen LogP) is 2.45. The number of hydrogen-bond acceptors (Lipinski definition) is 12. The number of thiazole rings is 1. The number of sulfonamides is 1. The monoisotopic (exact) mass is 672 g/mol. The number of halogens is 3. The van der Waals surface area contributed by atoms with Gasteiger partial charge in [0.15, 0.2) is 9.34 Å². The molecule has 2 atom stereocenters. The summed E-state index contributed by atoms with van der Waals surface area (Å²) in [5.41, 5.74) is 5.81. The fourth-order valence-corrected chi connectivity index (χ4v) is 7.71. The van der Waals surface area contributed by atoms with Crippen molar-refractivity contribution in [2.75, 3.05) is 50.6 Å². The van der Waals surface area contributed by atoms with Gasteiger partial charge in [0.1, 0.15) is 30.3 Å². The molecule has 13 nitrogen and oxygen atoms in total. The van der Waals surface area contributed by atoms with Crippen LogP contribution in [0.3, 0.4) is 0 Å². The maximum absolute atomic E-state index is 13.6. The average Bonchev–Trinajstić information content (AvgIpc) is 3.74. The first-order valence-corrected chi connectivity index (χ1v) is 16.3. The Balaban J connectivity index is 1.41. The van der Waals surface area contributed by atoms with Crippen molar-refractivity contribution in [1.29, 1.82) is 0 Å². The van der Waals surface area contributed by atoms with Gasteiger partial charge in [-0.1, -0.05) is 11.3 Å². The van der Waals surface area contributed by atoms with Gasteiger partial charge in [0, 0.05) is 44.7 Å². The largest absolute Gasteiger partial charge is 0.573 e. The molecule has 2 saturated heterocycles. The van der Waals surface area contributed by atoms with E-state index in [1.165, 1.54) is 31.6 Å². The number of anilines is 2.